The molecule has 0 spiro atoms. The maximum Gasteiger partial charge on any atom is 0.158 e. The summed E-state index contributed by atoms with van der Waals surface area (Å²) in [5.41, 5.74) is 4.44. The van der Waals surface area contributed by atoms with Gasteiger partial charge >= 0.3 is 0 Å². The number of rotatable bonds is 1. The van der Waals surface area contributed by atoms with E-state index in [0.717, 1.165) is 16.5 Å². The van der Waals surface area contributed by atoms with Gasteiger partial charge in [0.1, 0.15) is 0 Å². The Morgan fingerprint density at radius 1 is 0.577 bits per heavy atom. The van der Waals surface area contributed by atoms with Crippen molar-refractivity contribution >= 4 is 43.5 Å². The number of hydrogen-bond acceptors (Lipinski definition) is 1. The highest BCUT2D eigenvalue weighted by molar-refractivity contribution is 6.17. The van der Waals surface area contributed by atoms with Crippen LogP contribution in [-0.2, 0) is 0 Å². The SMILES string of the molecule is c1ccc2c(-n3c4ccccc4c4ccc5ccoc5c43)cccc2c1. The summed E-state index contributed by atoms with van der Waals surface area (Å²) >= 11 is 0. The van der Waals surface area contributed by atoms with E-state index in [1.54, 1.807) is 6.26 Å². The van der Waals surface area contributed by atoms with Crippen molar-refractivity contribution in [2.45, 2.75) is 0 Å². The number of furan rings is 1. The lowest BCUT2D eigenvalue weighted by Crippen LogP contribution is -1.95. The molecule has 122 valence electrons. The maximum absolute atomic E-state index is 5.91. The summed E-state index contributed by atoms with van der Waals surface area (Å²) in [5.74, 6) is 0. The van der Waals surface area contributed by atoms with Crippen molar-refractivity contribution in [1.82, 2.24) is 4.57 Å². The van der Waals surface area contributed by atoms with Crippen LogP contribution in [0, 0.1) is 0 Å². The monoisotopic (exact) mass is 333 g/mol. The molecular weight excluding hydrogens is 318 g/mol. The van der Waals surface area contributed by atoms with Crippen LogP contribution in [0.1, 0.15) is 0 Å². The molecule has 2 heteroatoms. The van der Waals surface area contributed by atoms with Gasteiger partial charge < -0.3 is 8.98 Å². The first-order chi connectivity index (χ1) is 12.9. The summed E-state index contributed by atoms with van der Waals surface area (Å²) in [6.07, 6.45) is 1.77. The first-order valence-corrected chi connectivity index (χ1v) is 8.79. The van der Waals surface area contributed by atoms with E-state index in [9.17, 15) is 0 Å². The highest BCUT2D eigenvalue weighted by atomic mass is 16.3. The molecule has 4 aromatic carbocycles. The minimum Gasteiger partial charge on any atom is -0.462 e. The van der Waals surface area contributed by atoms with E-state index in [2.05, 4.69) is 83.4 Å². The van der Waals surface area contributed by atoms with Crippen LogP contribution in [0.15, 0.2) is 95.6 Å². The third-order valence-corrected chi connectivity index (χ3v) is 5.26. The average molecular weight is 333 g/mol. The molecule has 0 aliphatic heterocycles. The first-order valence-electron chi connectivity index (χ1n) is 8.79. The van der Waals surface area contributed by atoms with Crippen LogP contribution in [0.25, 0.3) is 49.2 Å². The lowest BCUT2D eigenvalue weighted by molar-refractivity contribution is 0.618. The van der Waals surface area contributed by atoms with Crippen LogP contribution >= 0.6 is 0 Å². The Balaban J connectivity index is 1.92. The van der Waals surface area contributed by atoms with Gasteiger partial charge in [0.2, 0.25) is 0 Å². The topological polar surface area (TPSA) is 18.1 Å². The molecule has 0 saturated carbocycles. The smallest absolute Gasteiger partial charge is 0.158 e. The van der Waals surface area contributed by atoms with Crippen molar-refractivity contribution in [3.05, 3.63) is 91.2 Å². The van der Waals surface area contributed by atoms with Crippen LogP contribution in [0.4, 0.5) is 0 Å². The Morgan fingerprint density at radius 2 is 1.38 bits per heavy atom. The molecule has 0 aliphatic carbocycles. The Bertz CT molecular complexity index is 1430. The van der Waals surface area contributed by atoms with Gasteiger partial charge in [0.25, 0.3) is 0 Å². The predicted molar refractivity (Wildman–Crippen MR) is 108 cm³/mol. The second-order valence-corrected chi connectivity index (χ2v) is 6.65. The molecule has 26 heavy (non-hydrogen) atoms. The minimum atomic E-state index is 0.937. The van der Waals surface area contributed by atoms with Crippen molar-refractivity contribution in [3.63, 3.8) is 0 Å². The van der Waals surface area contributed by atoms with Gasteiger partial charge in [-0.1, -0.05) is 66.7 Å². The quantitative estimate of drug-likeness (QED) is 0.328. The molecule has 2 nitrogen and oxygen atoms in total. The van der Waals surface area contributed by atoms with Crippen LogP contribution in [0.3, 0.4) is 0 Å². The summed E-state index contributed by atoms with van der Waals surface area (Å²) in [6.45, 7) is 0. The van der Waals surface area contributed by atoms with E-state index in [4.69, 9.17) is 4.42 Å². The molecular formula is C24H15NO. The normalized spacial score (nSPS) is 11.8. The molecule has 0 radical (unpaired) electrons. The molecule has 2 aromatic heterocycles. The van der Waals surface area contributed by atoms with Crippen LogP contribution in [0.5, 0.6) is 0 Å². The van der Waals surface area contributed by atoms with Crippen LogP contribution in [0.2, 0.25) is 0 Å². The zero-order chi connectivity index (χ0) is 17.1. The van der Waals surface area contributed by atoms with E-state index in [0.29, 0.717) is 0 Å². The minimum absolute atomic E-state index is 0.937. The Morgan fingerprint density at radius 3 is 2.35 bits per heavy atom. The molecule has 2 heterocycles. The molecule has 0 aliphatic rings. The zero-order valence-corrected chi connectivity index (χ0v) is 14.0. The molecule has 0 fully saturated rings. The summed E-state index contributed by atoms with van der Waals surface area (Å²) in [6, 6.07) is 30.0. The highest BCUT2D eigenvalue weighted by Gasteiger charge is 2.17. The van der Waals surface area contributed by atoms with Crippen molar-refractivity contribution in [1.29, 1.82) is 0 Å². The largest absolute Gasteiger partial charge is 0.462 e. The molecule has 0 N–H and O–H groups in total. The number of para-hydroxylation sites is 1. The van der Waals surface area contributed by atoms with Crippen molar-refractivity contribution in [2.24, 2.45) is 0 Å². The molecule has 0 amide bonds. The lowest BCUT2D eigenvalue weighted by Gasteiger charge is -2.11. The molecule has 6 aromatic rings. The average Bonchev–Trinajstić information content (AvgIpc) is 3.30. The lowest BCUT2D eigenvalue weighted by atomic mass is 10.1. The molecule has 6 rings (SSSR count). The van der Waals surface area contributed by atoms with Gasteiger partial charge in [0.05, 0.1) is 23.0 Å². The first kappa shape index (κ1) is 13.7. The number of benzene rings is 4. The third-order valence-electron chi connectivity index (χ3n) is 5.26. The van der Waals surface area contributed by atoms with Gasteiger partial charge in [-0.05, 0) is 23.6 Å². The number of hydrogen-bond donors (Lipinski definition) is 0. The summed E-state index contributed by atoms with van der Waals surface area (Å²) in [4.78, 5) is 0. The maximum atomic E-state index is 5.91. The zero-order valence-electron chi connectivity index (χ0n) is 14.0. The Labute approximate surface area is 149 Å². The van der Waals surface area contributed by atoms with Gasteiger partial charge in [0, 0.05) is 21.5 Å². The molecule has 0 saturated heterocycles. The van der Waals surface area contributed by atoms with E-state index in [1.807, 2.05) is 6.07 Å². The fourth-order valence-electron chi connectivity index (χ4n) is 4.13. The van der Waals surface area contributed by atoms with E-state index in [-0.39, 0.29) is 0 Å². The van der Waals surface area contributed by atoms with Crippen LogP contribution < -0.4 is 0 Å². The van der Waals surface area contributed by atoms with Crippen molar-refractivity contribution < 1.29 is 4.42 Å². The van der Waals surface area contributed by atoms with Crippen molar-refractivity contribution in [2.75, 3.05) is 0 Å². The molecule has 0 unspecified atom stereocenters. The van der Waals surface area contributed by atoms with Gasteiger partial charge in [-0.2, -0.15) is 0 Å². The Hall–Kier alpha value is -3.52. The predicted octanol–water partition coefficient (Wildman–Crippen LogP) is 6.68. The summed E-state index contributed by atoms with van der Waals surface area (Å²) < 4.78 is 8.26. The number of fused-ring (bicyclic) bond motifs is 6. The fourth-order valence-corrected chi connectivity index (χ4v) is 4.13. The van der Waals surface area contributed by atoms with E-state index in [1.165, 1.54) is 32.7 Å². The van der Waals surface area contributed by atoms with Gasteiger partial charge in [-0.3, -0.25) is 0 Å². The van der Waals surface area contributed by atoms with E-state index < -0.39 is 0 Å². The number of nitrogens with zero attached hydrogens (tertiary/aromatic N) is 1. The fraction of sp³-hybridized carbons (Fsp3) is 0. The Kier molecular flexibility index (Phi) is 2.64. The van der Waals surface area contributed by atoms with Crippen molar-refractivity contribution in [3.8, 4) is 5.69 Å². The highest BCUT2D eigenvalue weighted by Crippen LogP contribution is 2.38. The van der Waals surface area contributed by atoms with E-state index >= 15 is 0 Å². The molecule has 0 atom stereocenters. The summed E-state index contributed by atoms with van der Waals surface area (Å²) in [5, 5.41) is 6.07. The van der Waals surface area contributed by atoms with Gasteiger partial charge in [-0.15, -0.1) is 0 Å². The number of aromatic nitrogens is 1. The van der Waals surface area contributed by atoms with Gasteiger partial charge in [-0.25, -0.2) is 0 Å². The van der Waals surface area contributed by atoms with Crippen LogP contribution in [-0.4, -0.2) is 4.57 Å². The standard InChI is InChI=1S/C24H15NO/c1-2-8-18-16(6-1)7-5-11-21(18)25-22-10-4-3-9-19(22)20-13-12-17-14-15-26-24(17)23(20)25/h1-15H. The second-order valence-electron chi connectivity index (χ2n) is 6.65. The summed E-state index contributed by atoms with van der Waals surface area (Å²) in [7, 11) is 0. The second kappa shape index (κ2) is 4.99. The molecule has 0 bridgehead atoms. The third kappa shape index (κ3) is 1.71. The van der Waals surface area contributed by atoms with Gasteiger partial charge in [0.15, 0.2) is 5.58 Å².